The van der Waals surface area contributed by atoms with Gasteiger partial charge >= 0.3 is 0 Å². The molecule has 2 amide bonds. The minimum Gasteiger partial charge on any atom is -0.333 e. The molecular weight excluding hydrogens is 460 g/mol. The van der Waals surface area contributed by atoms with Crippen LogP contribution in [0.25, 0.3) is 22.2 Å². The smallest absolute Gasteiger partial charge is 0.268 e. The molecule has 1 unspecified atom stereocenters. The molecular formula is C24H19ClN4O3S. The van der Waals surface area contributed by atoms with Crippen LogP contribution in [0.5, 0.6) is 0 Å². The molecule has 1 atom stereocenters. The number of nitrogens with zero attached hydrogens (tertiary/aromatic N) is 3. The van der Waals surface area contributed by atoms with Crippen LogP contribution in [0.15, 0.2) is 64.5 Å². The van der Waals surface area contributed by atoms with Crippen molar-refractivity contribution in [2.24, 2.45) is 5.92 Å². The van der Waals surface area contributed by atoms with Crippen molar-refractivity contribution >= 4 is 46.1 Å². The van der Waals surface area contributed by atoms with Crippen molar-refractivity contribution in [1.29, 1.82) is 0 Å². The predicted molar refractivity (Wildman–Crippen MR) is 128 cm³/mol. The fraction of sp³-hybridized carbons (Fsp3) is 0.167. The van der Waals surface area contributed by atoms with E-state index in [1.807, 2.05) is 48.7 Å². The highest BCUT2D eigenvalue weighted by Crippen LogP contribution is 2.31. The first-order valence-corrected chi connectivity index (χ1v) is 11.6. The number of benzene rings is 2. The second-order valence-corrected chi connectivity index (χ2v) is 9.11. The van der Waals surface area contributed by atoms with Crippen LogP contribution in [0.1, 0.15) is 12.0 Å². The fourth-order valence-electron chi connectivity index (χ4n) is 3.76. The number of halogens is 1. The molecule has 1 N–H and O–H groups in total. The number of carbonyl (C=O) groups excluding carboxylic acids is 2. The van der Waals surface area contributed by atoms with Gasteiger partial charge in [-0.1, -0.05) is 41.0 Å². The van der Waals surface area contributed by atoms with Crippen molar-refractivity contribution in [2.75, 3.05) is 16.8 Å². The van der Waals surface area contributed by atoms with E-state index in [2.05, 4.69) is 15.5 Å². The minimum absolute atomic E-state index is 0.109. The lowest BCUT2D eigenvalue weighted by molar-refractivity contribution is -0.122. The standard InChI is InChI=1S/C24H19ClN4O3S/c1-14-18(25)7-3-8-19(14)26-23(31)16-12-21(30)29(13-16)17-6-2-5-15(11-17)22-27-24(32-28-22)20-9-4-10-33-20/h2-11,16H,12-13H2,1H3,(H,26,31). The molecule has 5 rings (SSSR count). The summed E-state index contributed by atoms with van der Waals surface area (Å²) in [6.07, 6.45) is 0.139. The minimum atomic E-state index is -0.463. The quantitative estimate of drug-likeness (QED) is 0.414. The third kappa shape index (κ3) is 4.27. The fourth-order valence-corrected chi connectivity index (χ4v) is 4.58. The maximum atomic E-state index is 12.8. The van der Waals surface area contributed by atoms with Gasteiger partial charge in [0, 0.05) is 34.9 Å². The van der Waals surface area contributed by atoms with Gasteiger partial charge in [0.2, 0.25) is 17.6 Å². The lowest BCUT2D eigenvalue weighted by Crippen LogP contribution is -2.28. The summed E-state index contributed by atoms with van der Waals surface area (Å²) in [5.74, 6) is 0.122. The Kier molecular flexibility index (Phi) is 5.70. The number of carbonyl (C=O) groups is 2. The van der Waals surface area contributed by atoms with Crippen LogP contribution >= 0.6 is 22.9 Å². The largest absolute Gasteiger partial charge is 0.333 e. The van der Waals surface area contributed by atoms with Gasteiger partial charge in [-0.3, -0.25) is 9.59 Å². The number of anilines is 2. The Bertz CT molecular complexity index is 1340. The molecule has 0 bridgehead atoms. The summed E-state index contributed by atoms with van der Waals surface area (Å²) in [5.41, 5.74) is 2.87. The lowest BCUT2D eigenvalue weighted by atomic mass is 10.1. The molecule has 2 aromatic heterocycles. The Labute approximate surface area is 199 Å². The highest BCUT2D eigenvalue weighted by molar-refractivity contribution is 7.13. The van der Waals surface area contributed by atoms with E-state index < -0.39 is 5.92 Å². The van der Waals surface area contributed by atoms with Gasteiger partial charge in [0.25, 0.3) is 5.89 Å². The summed E-state index contributed by atoms with van der Waals surface area (Å²) in [6.45, 7) is 2.14. The van der Waals surface area contributed by atoms with E-state index >= 15 is 0 Å². The number of hydrogen-bond donors (Lipinski definition) is 1. The summed E-state index contributed by atoms with van der Waals surface area (Å²) in [5, 5.41) is 9.51. The number of amides is 2. The first-order valence-electron chi connectivity index (χ1n) is 10.3. The van der Waals surface area contributed by atoms with E-state index in [0.717, 1.165) is 16.0 Å². The van der Waals surface area contributed by atoms with Gasteiger partial charge in [0.15, 0.2) is 0 Å². The van der Waals surface area contributed by atoms with Crippen molar-refractivity contribution in [3.63, 3.8) is 0 Å². The van der Waals surface area contributed by atoms with Crippen LogP contribution in [0, 0.1) is 12.8 Å². The molecule has 1 aliphatic heterocycles. The summed E-state index contributed by atoms with van der Waals surface area (Å²) < 4.78 is 5.38. The van der Waals surface area contributed by atoms with Crippen molar-refractivity contribution in [3.8, 4) is 22.2 Å². The summed E-state index contributed by atoms with van der Waals surface area (Å²) in [6, 6.07) is 16.6. The number of hydrogen-bond acceptors (Lipinski definition) is 6. The first-order chi connectivity index (χ1) is 16.0. The topological polar surface area (TPSA) is 88.3 Å². The Hall–Kier alpha value is -3.49. The van der Waals surface area contributed by atoms with Crippen LogP contribution in [-0.2, 0) is 9.59 Å². The lowest BCUT2D eigenvalue weighted by Gasteiger charge is -2.17. The summed E-state index contributed by atoms with van der Waals surface area (Å²) in [4.78, 5) is 32.6. The number of rotatable bonds is 5. The van der Waals surface area contributed by atoms with Crippen LogP contribution in [0.4, 0.5) is 11.4 Å². The maximum Gasteiger partial charge on any atom is 0.268 e. The molecule has 9 heteroatoms. The molecule has 1 fully saturated rings. The van der Waals surface area contributed by atoms with E-state index in [-0.39, 0.29) is 18.2 Å². The van der Waals surface area contributed by atoms with Gasteiger partial charge in [-0.2, -0.15) is 4.98 Å². The van der Waals surface area contributed by atoms with Crippen molar-refractivity contribution in [3.05, 3.63) is 70.6 Å². The van der Waals surface area contributed by atoms with E-state index in [4.69, 9.17) is 16.1 Å². The van der Waals surface area contributed by atoms with E-state index in [0.29, 0.717) is 34.7 Å². The van der Waals surface area contributed by atoms with Crippen molar-refractivity contribution < 1.29 is 14.1 Å². The normalized spacial score (nSPS) is 15.8. The molecule has 0 aliphatic carbocycles. The second kappa shape index (κ2) is 8.80. The summed E-state index contributed by atoms with van der Waals surface area (Å²) >= 11 is 7.67. The van der Waals surface area contributed by atoms with Crippen LogP contribution in [-0.4, -0.2) is 28.5 Å². The third-order valence-electron chi connectivity index (χ3n) is 5.60. The molecule has 3 heterocycles. The highest BCUT2D eigenvalue weighted by Gasteiger charge is 2.35. The zero-order valence-corrected chi connectivity index (χ0v) is 19.2. The molecule has 33 heavy (non-hydrogen) atoms. The van der Waals surface area contributed by atoms with Gasteiger partial charge in [-0.15, -0.1) is 11.3 Å². The molecule has 1 aliphatic rings. The highest BCUT2D eigenvalue weighted by atomic mass is 35.5. The molecule has 0 saturated carbocycles. The third-order valence-corrected chi connectivity index (χ3v) is 6.86. The molecule has 0 spiro atoms. The molecule has 4 aromatic rings. The zero-order chi connectivity index (χ0) is 22.9. The Balaban J connectivity index is 1.32. The maximum absolute atomic E-state index is 12.8. The summed E-state index contributed by atoms with van der Waals surface area (Å²) in [7, 11) is 0. The average Bonchev–Trinajstić information content (AvgIpc) is 3.57. The monoisotopic (exact) mass is 478 g/mol. The average molecular weight is 479 g/mol. The van der Waals surface area contributed by atoms with Gasteiger partial charge in [0.05, 0.1) is 10.8 Å². The molecule has 7 nitrogen and oxygen atoms in total. The molecule has 2 aromatic carbocycles. The van der Waals surface area contributed by atoms with Crippen molar-refractivity contribution in [2.45, 2.75) is 13.3 Å². The predicted octanol–water partition coefficient (Wildman–Crippen LogP) is 5.42. The first kappa shape index (κ1) is 21.4. The van der Waals surface area contributed by atoms with Crippen LogP contribution < -0.4 is 10.2 Å². The number of nitrogens with one attached hydrogen (secondary N) is 1. The molecule has 1 saturated heterocycles. The van der Waals surface area contributed by atoms with Gasteiger partial charge in [-0.25, -0.2) is 0 Å². The second-order valence-electron chi connectivity index (χ2n) is 7.76. The Morgan fingerprint density at radius 3 is 2.88 bits per heavy atom. The molecule has 166 valence electrons. The van der Waals surface area contributed by atoms with Gasteiger partial charge in [0.1, 0.15) is 0 Å². The van der Waals surface area contributed by atoms with E-state index in [1.54, 1.807) is 23.1 Å². The van der Waals surface area contributed by atoms with E-state index in [1.165, 1.54) is 11.3 Å². The molecule has 0 radical (unpaired) electrons. The van der Waals surface area contributed by atoms with Crippen LogP contribution in [0.2, 0.25) is 5.02 Å². The SMILES string of the molecule is Cc1c(Cl)cccc1NC(=O)C1CC(=O)N(c2cccc(-c3noc(-c4cccs4)n3)c2)C1. The van der Waals surface area contributed by atoms with Crippen LogP contribution in [0.3, 0.4) is 0 Å². The van der Waals surface area contributed by atoms with Gasteiger partial charge < -0.3 is 14.7 Å². The van der Waals surface area contributed by atoms with E-state index in [9.17, 15) is 9.59 Å². The Morgan fingerprint density at radius 1 is 1.21 bits per heavy atom. The number of thiophene rings is 1. The number of aromatic nitrogens is 2. The van der Waals surface area contributed by atoms with Crippen molar-refractivity contribution in [1.82, 2.24) is 10.1 Å². The Morgan fingerprint density at radius 2 is 2.06 bits per heavy atom. The van der Waals surface area contributed by atoms with Gasteiger partial charge in [-0.05, 0) is 48.2 Å². The zero-order valence-electron chi connectivity index (χ0n) is 17.6.